The molecular weight excluding hydrogens is 602 g/mol. The van der Waals surface area contributed by atoms with Crippen LogP contribution < -0.4 is 9.47 Å². The van der Waals surface area contributed by atoms with E-state index < -0.39 is 40.8 Å². The summed E-state index contributed by atoms with van der Waals surface area (Å²) in [5.41, 5.74) is -5.19. The molecule has 0 N–H and O–H groups in total. The van der Waals surface area contributed by atoms with E-state index in [9.17, 15) is 35.9 Å². The molecule has 3 aromatic carbocycles. The summed E-state index contributed by atoms with van der Waals surface area (Å²) in [7, 11) is 0. The molecule has 11 heteroatoms. The summed E-state index contributed by atoms with van der Waals surface area (Å²) in [5.74, 6) is -0.922. The Hall–Kier alpha value is -4.54. The average molecular weight is 635 g/mol. The van der Waals surface area contributed by atoms with Crippen molar-refractivity contribution in [2.45, 2.75) is 50.4 Å². The smallest absolute Gasteiger partial charge is 0.411 e. The van der Waals surface area contributed by atoms with Gasteiger partial charge in [0.15, 0.2) is 0 Å². The SMILES string of the molecule is C=CC(=O)OCCCCCCOc1ccc(C=CC(=O)Oc2ccc(C(c3ccc(C)cc3)(C(F)(F)F)C(F)(F)F)cc2)cc1. The molecule has 0 aliphatic rings. The molecule has 0 spiro atoms. The maximum atomic E-state index is 14.3. The third kappa shape index (κ3) is 9.23. The van der Waals surface area contributed by atoms with Crippen LogP contribution in [0, 0.1) is 6.92 Å². The van der Waals surface area contributed by atoms with Crippen LogP contribution >= 0.6 is 0 Å². The predicted octanol–water partition coefficient (Wildman–Crippen LogP) is 8.69. The zero-order valence-corrected chi connectivity index (χ0v) is 24.4. The van der Waals surface area contributed by atoms with Gasteiger partial charge in [0, 0.05) is 12.2 Å². The first-order chi connectivity index (χ1) is 21.3. The van der Waals surface area contributed by atoms with Gasteiger partial charge in [-0.15, -0.1) is 0 Å². The number of unbranched alkanes of at least 4 members (excludes halogenated alkanes) is 3. The quantitative estimate of drug-likeness (QED) is 0.0584. The molecule has 3 aromatic rings. The first kappa shape index (κ1) is 34.9. The second-order valence-electron chi connectivity index (χ2n) is 10.1. The van der Waals surface area contributed by atoms with Crippen LogP contribution in [0.4, 0.5) is 26.3 Å². The van der Waals surface area contributed by atoms with Crippen LogP contribution in [-0.2, 0) is 19.7 Å². The zero-order valence-electron chi connectivity index (χ0n) is 24.4. The lowest BCUT2D eigenvalue weighted by Gasteiger charge is -2.38. The van der Waals surface area contributed by atoms with E-state index in [-0.39, 0.29) is 5.75 Å². The summed E-state index contributed by atoms with van der Waals surface area (Å²) in [6.45, 7) is 5.72. The summed E-state index contributed by atoms with van der Waals surface area (Å²) < 4.78 is 101. The number of esters is 2. The standard InChI is InChI=1S/C34H32F6O5/c1-3-30(41)44-23-7-5-4-6-22-43-28-17-10-25(11-18-28)12-21-31(42)45-29-19-15-27(16-20-29)32(33(35,36)37,34(38,39)40)26-13-8-24(2)9-14-26/h3,8-21H,1,4-7,22-23H2,2H3. The van der Waals surface area contributed by atoms with Gasteiger partial charge in [-0.05, 0) is 79.6 Å². The first-order valence-corrected chi connectivity index (χ1v) is 14.0. The lowest BCUT2D eigenvalue weighted by atomic mass is 9.72. The average Bonchev–Trinajstić information content (AvgIpc) is 2.98. The minimum atomic E-state index is -5.72. The van der Waals surface area contributed by atoms with Gasteiger partial charge in [0.05, 0.1) is 13.2 Å². The van der Waals surface area contributed by atoms with Crippen molar-refractivity contribution < 1.29 is 50.1 Å². The van der Waals surface area contributed by atoms with Crippen molar-refractivity contribution in [2.24, 2.45) is 0 Å². The number of benzene rings is 3. The third-order valence-electron chi connectivity index (χ3n) is 6.85. The number of halogens is 6. The summed E-state index contributed by atoms with van der Waals surface area (Å²) >= 11 is 0. The largest absolute Gasteiger partial charge is 0.494 e. The highest BCUT2D eigenvalue weighted by atomic mass is 19.4. The van der Waals surface area contributed by atoms with Crippen molar-refractivity contribution in [2.75, 3.05) is 13.2 Å². The van der Waals surface area contributed by atoms with Crippen molar-refractivity contribution in [3.63, 3.8) is 0 Å². The Morgan fingerprint density at radius 1 is 0.689 bits per heavy atom. The Bertz CT molecular complexity index is 1430. The van der Waals surface area contributed by atoms with E-state index in [4.69, 9.17) is 14.2 Å². The highest BCUT2D eigenvalue weighted by molar-refractivity contribution is 5.88. The van der Waals surface area contributed by atoms with Gasteiger partial charge in [-0.25, -0.2) is 9.59 Å². The van der Waals surface area contributed by atoms with Crippen molar-refractivity contribution in [3.05, 3.63) is 114 Å². The monoisotopic (exact) mass is 634 g/mol. The van der Waals surface area contributed by atoms with Gasteiger partial charge in [0.2, 0.25) is 5.41 Å². The van der Waals surface area contributed by atoms with E-state index in [1.54, 1.807) is 31.2 Å². The summed E-state index contributed by atoms with van der Waals surface area (Å²) in [6.07, 6.45) is -4.45. The van der Waals surface area contributed by atoms with Gasteiger partial charge in [0.1, 0.15) is 11.5 Å². The second kappa shape index (κ2) is 15.5. The highest BCUT2D eigenvalue weighted by Gasteiger charge is 2.72. The topological polar surface area (TPSA) is 61.8 Å². The van der Waals surface area contributed by atoms with Gasteiger partial charge < -0.3 is 14.2 Å². The van der Waals surface area contributed by atoms with Crippen molar-refractivity contribution in [1.29, 1.82) is 0 Å². The minimum absolute atomic E-state index is 0.225. The number of carbonyl (C=O) groups excluding carboxylic acids is 2. The Balaban J connectivity index is 1.57. The molecule has 0 amide bonds. The molecule has 45 heavy (non-hydrogen) atoms. The van der Waals surface area contributed by atoms with E-state index in [1.165, 1.54) is 18.2 Å². The molecule has 0 aliphatic carbocycles. The van der Waals surface area contributed by atoms with Gasteiger partial charge in [-0.3, -0.25) is 0 Å². The third-order valence-corrected chi connectivity index (χ3v) is 6.85. The second-order valence-corrected chi connectivity index (χ2v) is 10.1. The Morgan fingerprint density at radius 3 is 1.73 bits per heavy atom. The van der Waals surface area contributed by atoms with Crippen LogP contribution in [-0.4, -0.2) is 37.5 Å². The van der Waals surface area contributed by atoms with Crippen LogP contribution in [0.25, 0.3) is 6.08 Å². The summed E-state index contributed by atoms with van der Waals surface area (Å²) in [6, 6.07) is 13.9. The molecule has 0 saturated heterocycles. The minimum Gasteiger partial charge on any atom is -0.494 e. The number of carbonyl (C=O) groups is 2. The normalized spacial score (nSPS) is 12.2. The summed E-state index contributed by atoms with van der Waals surface area (Å²) in [5, 5.41) is 0. The zero-order chi connectivity index (χ0) is 33.1. The van der Waals surface area contributed by atoms with Crippen molar-refractivity contribution in [1.82, 2.24) is 0 Å². The molecule has 0 radical (unpaired) electrons. The number of hydrogen-bond acceptors (Lipinski definition) is 5. The molecule has 0 heterocycles. The molecule has 3 rings (SSSR count). The Labute approximate surface area is 257 Å². The number of hydrogen-bond donors (Lipinski definition) is 0. The van der Waals surface area contributed by atoms with Crippen LogP contribution in [0.5, 0.6) is 11.5 Å². The summed E-state index contributed by atoms with van der Waals surface area (Å²) in [4.78, 5) is 23.3. The molecule has 0 bridgehead atoms. The van der Waals surface area contributed by atoms with Crippen LogP contribution in [0.3, 0.4) is 0 Å². The number of rotatable bonds is 14. The number of ether oxygens (including phenoxy) is 3. The maximum Gasteiger partial charge on any atom is 0.411 e. The lowest BCUT2D eigenvalue weighted by Crippen LogP contribution is -2.54. The first-order valence-electron chi connectivity index (χ1n) is 14.0. The van der Waals surface area contributed by atoms with Crippen LogP contribution in [0.1, 0.15) is 47.9 Å². The predicted molar refractivity (Wildman–Crippen MR) is 157 cm³/mol. The van der Waals surface area contributed by atoms with Crippen molar-refractivity contribution in [3.8, 4) is 11.5 Å². The molecule has 0 saturated carbocycles. The van der Waals surface area contributed by atoms with Gasteiger partial charge in [-0.1, -0.05) is 60.7 Å². The van der Waals surface area contributed by atoms with E-state index in [1.807, 2.05) is 0 Å². The highest BCUT2D eigenvalue weighted by Crippen LogP contribution is 2.56. The van der Waals surface area contributed by atoms with E-state index in [0.717, 1.165) is 62.1 Å². The molecule has 0 unspecified atom stereocenters. The molecule has 240 valence electrons. The van der Waals surface area contributed by atoms with E-state index in [0.29, 0.717) is 42.2 Å². The van der Waals surface area contributed by atoms with Gasteiger partial charge in [-0.2, -0.15) is 26.3 Å². The Kier molecular flexibility index (Phi) is 12.0. The van der Waals surface area contributed by atoms with Gasteiger partial charge >= 0.3 is 24.3 Å². The molecule has 0 aliphatic heterocycles. The van der Waals surface area contributed by atoms with E-state index >= 15 is 0 Å². The lowest BCUT2D eigenvalue weighted by molar-refractivity contribution is -0.288. The van der Waals surface area contributed by atoms with Crippen molar-refractivity contribution >= 4 is 18.0 Å². The molecule has 0 atom stereocenters. The number of alkyl halides is 6. The maximum absolute atomic E-state index is 14.3. The van der Waals surface area contributed by atoms with Gasteiger partial charge in [0.25, 0.3) is 0 Å². The molecular formula is C34H32F6O5. The molecule has 0 fully saturated rings. The molecule has 5 nitrogen and oxygen atoms in total. The van der Waals surface area contributed by atoms with E-state index in [2.05, 4.69) is 6.58 Å². The van der Waals surface area contributed by atoms with Crippen LogP contribution in [0.2, 0.25) is 0 Å². The fraction of sp³-hybridized carbons (Fsp3) is 0.294. The Morgan fingerprint density at radius 2 is 1.20 bits per heavy atom. The number of aryl methyl sites for hydroxylation is 1. The fourth-order valence-electron chi connectivity index (χ4n) is 4.53. The molecule has 0 aromatic heterocycles. The van der Waals surface area contributed by atoms with Crippen LogP contribution in [0.15, 0.2) is 91.5 Å². The fourth-order valence-corrected chi connectivity index (χ4v) is 4.53.